The third-order valence-corrected chi connectivity index (χ3v) is 5.45. The van der Waals surface area contributed by atoms with Gasteiger partial charge in [0.05, 0.1) is 23.6 Å². The number of nitrogens with one attached hydrogen (secondary N) is 1. The number of amides is 1. The predicted octanol–water partition coefficient (Wildman–Crippen LogP) is 4.61. The zero-order valence-corrected chi connectivity index (χ0v) is 18.9. The Morgan fingerprint density at radius 3 is 2.47 bits per heavy atom. The van der Waals surface area contributed by atoms with Gasteiger partial charge in [-0.2, -0.15) is 9.78 Å². The average molecular weight is 453 g/mol. The molecule has 166 valence electrons. The van der Waals surface area contributed by atoms with Gasteiger partial charge in [0.15, 0.2) is 6.61 Å². The van der Waals surface area contributed by atoms with Crippen LogP contribution in [0.4, 0.5) is 5.82 Å². The minimum absolute atomic E-state index is 0.132. The van der Waals surface area contributed by atoms with Gasteiger partial charge < -0.3 is 19.5 Å². The summed E-state index contributed by atoms with van der Waals surface area (Å²) in [5, 5.41) is 8.01. The highest BCUT2D eigenvalue weighted by Crippen LogP contribution is 2.32. The highest BCUT2D eigenvalue weighted by Gasteiger charge is 2.16. The highest BCUT2D eigenvalue weighted by atomic mass is 32.1. The van der Waals surface area contributed by atoms with Crippen molar-refractivity contribution in [1.82, 2.24) is 14.8 Å². The smallest absolute Gasteiger partial charge is 0.263 e. The Morgan fingerprint density at radius 1 is 1.03 bits per heavy atom. The van der Waals surface area contributed by atoms with E-state index in [4.69, 9.17) is 19.2 Å². The van der Waals surface area contributed by atoms with Crippen molar-refractivity contribution in [3.63, 3.8) is 0 Å². The second-order valence-electron chi connectivity index (χ2n) is 6.86. The molecule has 1 N–H and O–H groups in total. The number of nitrogens with zero attached hydrogens (tertiary/aromatic N) is 3. The van der Waals surface area contributed by atoms with Gasteiger partial charge in [-0.15, -0.1) is 0 Å². The fourth-order valence-corrected chi connectivity index (χ4v) is 4.08. The van der Waals surface area contributed by atoms with Crippen LogP contribution < -0.4 is 19.5 Å². The van der Waals surface area contributed by atoms with Crippen molar-refractivity contribution >= 4 is 33.3 Å². The summed E-state index contributed by atoms with van der Waals surface area (Å²) in [4.78, 5) is 17.2. The third kappa shape index (κ3) is 4.83. The molecule has 2 aromatic heterocycles. The molecule has 2 heterocycles. The molecular formula is C23H24N4O4S. The first-order valence-corrected chi connectivity index (χ1v) is 11.1. The Bertz CT molecular complexity index is 1220. The summed E-state index contributed by atoms with van der Waals surface area (Å²) in [5.41, 5.74) is 1.54. The summed E-state index contributed by atoms with van der Waals surface area (Å²) in [6.45, 7) is 6.74. The maximum atomic E-state index is 12.5. The summed E-state index contributed by atoms with van der Waals surface area (Å²) in [5.74, 6) is 2.30. The van der Waals surface area contributed by atoms with Gasteiger partial charge in [-0.05, 0) is 57.2 Å². The van der Waals surface area contributed by atoms with E-state index in [1.54, 1.807) is 35.0 Å². The molecule has 2 aromatic carbocycles. The first-order chi connectivity index (χ1) is 15.6. The maximum absolute atomic E-state index is 12.5. The van der Waals surface area contributed by atoms with Crippen LogP contribution in [0.1, 0.15) is 19.5 Å². The van der Waals surface area contributed by atoms with Crippen molar-refractivity contribution in [2.24, 2.45) is 0 Å². The first kappa shape index (κ1) is 21.6. The van der Waals surface area contributed by atoms with Crippen LogP contribution in [0.25, 0.3) is 15.3 Å². The molecule has 9 heteroatoms. The van der Waals surface area contributed by atoms with Crippen LogP contribution in [-0.4, -0.2) is 40.5 Å². The summed E-state index contributed by atoms with van der Waals surface area (Å²) in [6.07, 6.45) is 0. The minimum Gasteiger partial charge on any atom is -0.494 e. The van der Waals surface area contributed by atoms with E-state index in [2.05, 4.69) is 10.4 Å². The third-order valence-electron chi connectivity index (χ3n) is 4.46. The number of carbonyl (C=O) groups excluding carboxylic acids is 1. The van der Waals surface area contributed by atoms with Crippen molar-refractivity contribution in [3.8, 4) is 22.4 Å². The Hall–Kier alpha value is -3.59. The highest BCUT2D eigenvalue weighted by molar-refractivity contribution is 7.20. The average Bonchev–Trinajstić information content (AvgIpc) is 3.37. The zero-order valence-electron chi connectivity index (χ0n) is 18.1. The number of hydrogen-bond donors (Lipinski definition) is 1. The lowest BCUT2D eigenvalue weighted by molar-refractivity contribution is -0.118. The zero-order chi connectivity index (χ0) is 22.5. The van der Waals surface area contributed by atoms with Gasteiger partial charge in [-0.25, -0.2) is 4.98 Å². The predicted molar refractivity (Wildman–Crippen MR) is 124 cm³/mol. The van der Waals surface area contributed by atoms with Gasteiger partial charge in [0.25, 0.3) is 5.91 Å². The van der Waals surface area contributed by atoms with Gasteiger partial charge in [-0.3, -0.25) is 4.79 Å². The molecule has 4 rings (SSSR count). The molecule has 1 amide bonds. The largest absolute Gasteiger partial charge is 0.494 e. The molecule has 0 aliphatic heterocycles. The second-order valence-corrected chi connectivity index (χ2v) is 7.87. The van der Waals surface area contributed by atoms with Crippen molar-refractivity contribution in [2.45, 2.75) is 20.8 Å². The van der Waals surface area contributed by atoms with Crippen LogP contribution in [0.3, 0.4) is 0 Å². The summed E-state index contributed by atoms with van der Waals surface area (Å²) >= 11 is 1.48. The van der Waals surface area contributed by atoms with Gasteiger partial charge >= 0.3 is 0 Å². The van der Waals surface area contributed by atoms with Crippen LogP contribution in [0.15, 0.2) is 48.5 Å². The molecule has 0 radical (unpaired) electrons. The van der Waals surface area contributed by atoms with Crippen molar-refractivity contribution in [3.05, 3.63) is 54.2 Å². The number of para-hydroxylation sites is 1. The van der Waals surface area contributed by atoms with Gasteiger partial charge in [-0.1, -0.05) is 17.4 Å². The molecule has 0 aliphatic carbocycles. The number of anilines is 1. The number of rotatable bonds is 9. The molecule has 0 atom stereocenters. The molecule has 0 aliphatic rings. The lowest BCUT2D eigenvalue weighted by Crippen LogP contribution is -2.21. The number of hydrogen-bond acceptors (Lipinski definition) is 7. The second kappa shape index (κ2) is 9.69. The van der Waals surface area contributed by atoms with Crippen molar-refractivity contribution < 1.29 is 19.0 Å². The standard InChI is InChI=1S/C23H24N4O4S/c1-4-29-16-9-11-17(12-10-16)31-14-21(28)24-20-13-15(3)26-27(20)23-25-22-18(30-5-2)7-6-8-19(22)32-23/h6-13H,4-5,14H2,1-3H3,(H,24,28). The van der Waals surface area contributed by atoms with Crippen LogP contribution >= 0.6 is 11.3 Å². The minimum atomic E-state index is -0.295. The Morgan fingerprint density at radius 2 is 1.75 bits per heavy atom. The Balaban J connectivity index is 1.48. The molecule has 0 unspecified atom stereocenters. The summed E-state index contributed by atoms with van der Waals surface area (Å²) in [7, 11) is 0. The lowest BCUT2D eigenvalue weighted by Gasteiger charge is -2.09. The molecule has 4 aromatic rings. The number of benzene rings is 2. The Kier molecular flexibility index (Phi) is 6.55. The van der Waals surface area contributed by atoms with Crippen LogP contribution in [-0.2, 0) is 4.79 Å². The van der Waals surface area contributed by atoms with E-state index in [1.807, 2.05) is 39.0 Å². The van der Waals surface area contributed by atoms with E-state index in [0.29, 0.717) is 29.9 Å². The molecule has 0 spiro atoms. The van der Waals surface area contributed by atoms with Gasteiger partial charge in [0.1, 0.15) is 28.6 Å². The number of aryl methyl sites for hydroxylation is 1. The monoisotopic (exact) mass is 452 g/mol. The number of aromatic nitrogens is 3. The topological polar surface area (TPSA) is 87.5 Å². The number of ether oxygens (including phenoxy) is 3. The van der Waals surface area contributed by atoms with E-state index < -0.39 is 0 Å². The maximum Gasteiger partial charge on any atom is 0.263 e. The molecule has 8 nitrogen and oxygen atoms in total. The summed E-state index contributed by atoms with van der Waals surface area (Å²) < 4.78 is 19.3. The summed E-state index contributed by atoms with van der Waals surface area (Å²) in [6, 6.07) is 14.8. The van der Waals surface area contributed by atoms with Crippen LogP contribution in [0, 0.1) is 6.92 Å². The van der Waals surface area contributed by atoms with Crippen molar-refractivity contribution in [1.29, 1.82) is 0 Å². The van der Waals surface area contributed by atoms with Gasteiger partial charge in [0.2, 0.25) is 5.13 Å². The molecule has 0 bridgehead atoms. The number of thiazole rings is 1. The van der Waals surface area contributed by atoms with Crippen molar-refractivity contribution in [2.75, 3.05) is 25.1 Å². The van der Waals surface area contributed by atoms with Gasteiger partial charge in [0, 0.05) is 6.07 Å². The SMILES string of the molecule is CCOc1ccc(OCC(=O)Nc2cc(C)nn2-c2nc3c(OCC)cccc3s2)cc1. The number of carbonyl (C=O) groups is 1. The molecular weight excluding hydrogens is 428 g/mol. The first-order valence-electron chi connectivity index (χ1n) is 10.3. The molecule has 0 fully saturated rings. The van der Waals surface area contributed by atoms with Crippen LogP contribution in [0.5, 0.6) is 17.2 Å². The fraction of sp³-hybridized carbons (Fsp3) is 0.261. The lowest BCUT2D eigenvalue weighted by atomic mass is 10.3. The Labute approximate surface area is 189 Å². The van der Waals surface area contributed by atoms with E-state index in [1.165, 1.54) is 11.3 Å². The number of fused-ring (bicyclic) bond motifs is 1. The van der Waals surface area contributed by atoms with E-state index in [-0.39, 0.29) is 12.5 Å². The molecule has 32 heavy (non-hydrogen) atoms. The van der Waals surface area contributed by atoms with Crippen LogP contribution in [0.2, 0.25) is 0 Å². The van der Waals surface area contributed by atoms with E-state index >= 15 is 0 Å². The normalized spacial score (nSPS) is 10.8. The fourth-order valence-electron chi connectivity index (χ4n) is 3.14. The molecule has 0 saturated carbocycles. The molecule has 0 saturated heterocycles. The van der Waals surface area contributed by atoms with E-state index in [0.717, 1.165) is 27.4 Å². The quantitative estimate of drug-likeness (QED) is 0.399. The van der Waals surface area contributed by atoms with E-state index in [9.17, 15) is 4.79 Å².